The van der Waals surface area contributed by atoms with E-state index in [9.17, 15) is 14.7 Å². The Morgan fingerprint density at radius 2 is 2.06 bits per heavy atom. The summed E-state index contributed by atoms with van der Waals surface area (Å²) in [5.74, 6) is 0.0174. The number of aliphatic carboxylic acids is 1. The second-order valence-corrected chi connectivity index (χ2v) is 5.21. The molecule has 0 aromatic rings. The summed E-state index contributed by atoms with van der Waals surface area (Å²) in [6.45, 7) is 5.41. The number of carboxylic acids is 1. The first-order valence-electron chi connectivity index (χ1n) is 7.07. The van der Waals surface area contributed by atoms with Gasteiger partial charge in [-0.15, -0.1) is 0 Å². The van der Waals surface area contributed by atoms with Crippen LogP contribution in [0.5, 0.6) is 0 Å². The van der Waals surface area contributed by atoms with Crippen LogP contribution in [0.3, 0.4) is 0 Å². The van der Waals surface area contributed by atoms with E-state index in [4.69, 9.17) is 0 Å². The van der Waals surface area contributed by atoms with E-state index in [1.807, 2.05) is 11.8 Å². The van der Waals surface area contributed by atoms with E-state index in [0.717, 1.165) is 32.2 Å². The maximum atomic E-state index is 11.3. The molecule has 0 radical (unpaired) electrons. The Bertz CT molecular complexity index is 291. The van der Waals surface area contributed by atoms with Gasteiger partial charge in [-0.25, -0.2) is 0 Å². The summed E-state index contributed by atoms with van der Waals surface area (Å²) in [5.41, 5.74) is 0. The number of rotatable bonds is 7. The summed E-state index contributed by atoms with van der Waals surface area (Å²) in [5, 5.41) is 9.29. The normalized spacial score (nSPS) is 25.0. The Hall–Kier alpha value is -0.900. The third kappa shape index (κ3) is 4.41. The highest BCUT2D eigenvalue weighted by molar-refractivity contribution is 5.78. The highest BCUT2D eigenvalue weighted by atomic mass is 16.4. The Labute approximate surface area is 109 Å². The van der Waals surface area contributed by atoms with Crippen molar-refractivity contribution in [2.45, 2.75) is 58.4 Å². The van der Waals surface area contributed by atoms with Gasteiger partial charge in [-0.05, 0) is 25.3 Å². The van der Waals surface area contributed by atoms with Crippen LogP contribution in [0.1, 0.15) is 52.4 Å². The molecule has 1 fully saturated rings. The van der Waals surface area contributed by atoms with Gasteiger partial charge in [0.1, 0.15) is 11.8 Å². The Morgan fingerprint density at radius 1 is 1.33 bits per heavy atom. The number of Topliss-reactive ketones (excluding diaryl/α,β-unsaturated/α-hetero) is 1. The van der Waals surface area contributed by atoms with Gasteiger partial charge in [0, 0.05) is 19.4 Å². The van der Waals surface area contributed by atoms with Crippen LogP contribution in [-0.2, 0) is 9.59 Å². The molecule has 1 rings (SSSR count). The van der Waals surface area contributed by atoms with E-state index >= 15 is 0 Å². The molecule has 2 atom stereocenters. The van der Waals surface area contributed by atoms with Gasteiger partial charge in [0.15, 0.2) is 0 Å². The van der Waals surface area contributed by atoms with Crippen molar-refractivity contribution < 1.29 is 14.7 Å². The van der Waals surface area contributed by atoms with Gasteiger partial charge in [0.2, 0.25) is 0 Å². The lowest BCUT2D eigenvalue weighted by atomic mass is 9.87. The molecule has 4 nitrogen and oxygen atoms in total. The van der Waals surface area contributed by atoms with Gasteiger partial charge < -0.3 is 5.11 Å². The van der Waals surface area contributed by atoms with Crippen LogP contribution < -0.4 is 0 Å². The number of piperidine rings is 1. The van der Waals surface area contributed by atoms with Crippen molar-refractivity contribution in [2.24, 2.45) is 5.92 Å². The van der Waals surface area contributed by atoms with E-state index in [-0.39, 0.29) is 11.8 Å². The molecule has 0 saturated carbocycles. The van der Waals surface area contributed by atoms with Gasteiger partial charge in [0.05, 0.1) is 0 Å². The van der Waals surface area contributed by atoms with Crippen molar-refractivity contribution in [1.29, 1.82) is 0 Å². The quantitative estimate of drug-likeness (QED) is 0.758. The third-order valence-electron chi connectivity index (χ3n) is 3.88. The number of carbonyl (C=O) groups is 2. The van der Waals surface area contributed by atoms with Crippen molar-refractivity contribution in [3.63, 3.8) is 0 Å². The summed E-state index contributed by atoms with van der Waals surface area (Å²) >= 11 is 0. The summed E-state index contributed by atoms with van der Waals surface area (Å²) in [6, 6.07) is -0.389. The minimum absolute atomic E-state index is 0.217. The summed E-state index contributed by atoms with van der Waals surface area (Å²) < 4.78 is 0. The van der Waals surface area contributed by atoms with Crippen LogP contribution in [0.25, 0.3) is 0 Å². The monoisotopic (exact) mass is 255 g/mol. The lowest BCUT2D eigenvalue weighted by molar-refractivity contribution is -0.146. The number of hydrogen-bond donors (Lipinski definition) is 1. The largest absolute Gasteiger partial charge is 0.480 e. The molecule has 0 spiro atoms. The second kappa shape index (κ2) is 7.52. The first-order valence-corrected chi connectivity index (χ1v) is 7.07. The molecule has 0 aliphatic carbocycles. The van der Waals surface area contributed by atoms with Crippen LogP contribution in [0.2, 0.25) is 0 Å². The van der Waals surface area contributed by atoms with Crippen LogP contribution in [0.15, 0.2) is 0 Å². The number of carboxylic acid groups (broad SMARTS) is 1. The summed E-state index contributed by atoms with van der Waals surface area (Å²) in [4.78, 5) is 24.6. The fourth-order valence-corrected chi connectivity index (χ4v) is 2.73. The van der Waals surface area contributed by atoms with Gasteiger partial charge in [0.25, 0.3) is 0 Å². The van der Waals surface area contributed by atoms with Crippen molar-refractivity contribution in [3.05, 3.63) is 0 Å². The SMILES string of the molecule is CCCC1CCN(CCC(=O)CC)C(C(=O)O)C1. The van der Waals surface area contributed by atoms with Crippen LogP contribution in [0, 0.1) is 5.92 Å². The van der Waals surface area contributed by atoms with Crippen molar-refractivity contribution >= 4 is 11.8 Å². The predicted octanol–water partition coefficient (Wildman–Crippen LogP) is 2.32. The predicted molar refractivity (Wildman–Crippen MR) is 70.5 cm³/mol. The Morgan fingerprint density at radius 3 is 2.61 bits per heavy atom. The molecule has 18 heavy (non-hydrogen) atoms. The van der Waals surface area contributed by atoms with Crippen LogP contribution in [-0.4, -0.2) is 40.9 Å². The number of ketones is 1. The zero-order chi connectivity index (χ0) is 13.5. The third-order valence-corrected chi connectivity index (χ3v) is 3.88. The van der Waals surface area contributed by atoms with Gasteiger partial charge in [-0.2, -0.15) is 0 Å². The number of nitrogens with zero attached hydrogens (tertiary/aromatic N) is 1. The molecule has 1 heterocycles. The molecular formula is C14H25NO3. The van der Waals surface area contributed by atoms with Crippen LogP contribution >= 0.6 is 0 Å². The molecule has 0 amide bonds. The zero-order valence-electron chi connectivity index (χ0n) is 11.5. The van der Waals surface area contributed by atoms with Crippen molar-refractivity contribution in [3.8, 4) is 0 Å². The van der Waals surface area contributed by atoms with E-state index < -0.39 is 5.97 Å². The topological polar surface area (TPSA) is 57.6 Å². The number of carbonyl (C=O) groups excluding carboxylic acids is 1. The first kappa shape index (κ1) is 15.2. The standard InChI is InChI=1S/C14H25NO3/c1-3-5-11-6-8-15(9-7-12(16)4-2)13(10-11)14(17)18/h11,13H,3-10H2,1-2H3,(H,17,18). The Kier molecular flexibility index (Phi) is 6.33. The molecule has 1 aliphatic rings. The maximum Gasteiger partial charge on any atom is 0.320 e. The lowest BCUT2D eigenvalue weighted by Gasteiger charge is -2.37. The van der Waals surface area contributed by atoms with Crippen molar-refractivity contribution in [1.82, 2.24) is 4.90 Å². The second-order valence-electron chi connectivity index (χ2n) is 5.21. The molecular weight excluding hydrogens is 230 g/mol. The summed E-state index contributed by atoms with van der Waals surface area (Å²) in [7, 11) is 0. The molecule has 0 aromatic heterocycles. The highest BCUT2D eigenvalue weighted by Crippen LogP contribution is 2.26. The first-order chi connectivity index (χ1) is 8.58. The number of hydrogen-bond acceptors (Lipinski definition) is 3. The minimum Gasteiger partial charge on any atom is -0.480 e. The summed E-state index contributed by atoms with van der Waals surface area (Å²) in [6.07, 6.45) is 5.07. The molecule has 104 valence electrons. The van der Waals surface area contributed by atoms with E-state index in [0.29, 0.717) is 25.3 Å². The highest BCUT2D eigenvalue weighted by Gasteiger charge is 2.32. The molecule has 1 saturated heterocycles. The van der Waals surface area contributed by atoms with Crippen LogP contribution in [0.4, 0.5) is 0 Å². The van der Waals surface area contributed by atoms with Gasteiger partial charge >= 0.3 is 5.97 Å². The number of likely N-dealkylation sites (tertiary alicyclic amines) is 1. The van der Waals surface area contributed by atoms with E-state index in [2.05, 4.69) is 6.92 Å². The van der Waals surface area contributed by atoms with E-state index in [1.54, 1.807) is 0 Å². The fraction of sp³-hybridized carbons (Fsp3) is 0.857. The van der Waals surface area contributed by atoms with E-state index in [1.165, 1.54) is 0 Å². The fourth-order valence-electron chi connectivity index (χ4n) is 2.73. The molecule has 4 heteroatoms. The molecule has 1 aliphatic heterocycles. The minimum atomic E-state index is -0.736. The Balaban J connectivity index is 2.51. The van der Waals surface area contributed by atoms with Crippen molar-refractivity contribution in [2.75, 3.05) is 13.1 Å². The average Bonchev–Trinajstić information content (AvgIpc) is 2.36. The molecule has 2 unspecified atom stereocenters. The van der Waals surface area contributed by atoms with Gasteiger partial charge in [-0.3, -0.25) is 14.5 Å². The smallest absolute Gasteiger partial charge is 0.320 e. The molecule has 0 bridgehead atoms. The molecule has 0 aromatic carbocycles. The van der Waals surface area contributed by atoms with Gasteiger partial charge in [-0.1, -0.05) is 26.7 Å². The zero-order valence-corrected chi connectivity index (χ0v) is 11.5. The molecule has 1 N–H and O–H groups in total. The lowest BCUT2D eigenvalue weighted by Crippen LogP contribution is -2.47. The average molecular weight is 255 g/mol. The maximum absolute atomic E-state index is 11.3.